The third-order valence-corrected chi connectivity index (χ3v) is 4.18. The lowest BCUT2D eigenvalue weighted by Crippen LogP contribution is -2.14. The van der Waals surface area contributed by atoms with Crippen molar-refractivity contribution in [2.24, 2.45) is 11.8 Å². The third kappa shape index (κ3) is 9.33. The molecule has 0 radical (unpaired) electrons. The molecule has 0 aromatic rings. The van der Waals surface area contributed by atoms with Crippen LogP contribution in [-0.4, -0.2) is 28.1 Å². The molecule has 3 atom stereocenters. The average molecular weight is 358 g/mol. The molecule has 4 nitrogen and oxygen atoms in total. The van der Waals surface area contributed by atoms with Crippen LogP contribution in [0.5, 0.6) is 0 Å². The largest absolute Gasteiger partial charge is 0.481 e. The van der Waals surface area contributed by atoms with Crippen LogP contribution < -0.4 is 0 Å². The van der Waals surface area contributed by atoms with Crippen LogP contribution >= 0.6 is 0 Å². The van der Waals surface area contributed by atoms with Crippen molar-refractivity contribution < 1.29 is 19.8 Å². The van der Waals surface area contributed by atoms with E-state index in [9.17, 15) is 14.7 Å². The number of allylic oxidation sites excluding steroid dienone is 9. The van der Waals surface area contributed by atoms with Crippen molar-refractivity contribution in [1.82, 2.24) is 0 Å². The second kappa shape index (κ2) is 13.1. The van der Waals surface area contributed by atoms with Crippen LogP contribution in [0.25, 0.3) is 0 Å². The number of ketones is 1. The average Bonchev–Trinajstić information content (AvgIpc) is 2.96. The third-order valence-electron chi connectivity index (χ3n) is 4.18. The Morgan fingerprint density at radius 3 is 2.46 bits per heavy atom. The van der Waals surface area contributed by atoms with E-state index in [4.69, 9.17) is 5.11 Å². The Balaban J connectivity index is 2.39. The van der Waals surface area contributed by atoms with Crippen molar-refractivity contribution in [3.8, 4) is 0 Å². The number of carboxylic acid groups (broad SMARTS) is 1. The van der Waals surface area contributed by atoms with Gasteiger partial charge in [-0.3, -0.25) is 9.59 Å². The molecule has 26 heavy (non-hydrogen) atoms. The number of carbonyl (C=O) groups is 2. The number of rotatable bonds is 12. The van der Waals surface area contributed by atoms with Gasteiger partial charge < -0.3 is 10.2 Å². The first-order valence-corrected chi connectivity index (χ1v) is 9.29. The summed E-state index contributed by atoms with van der Waals surface area (Å²) in [5.41, 5.74) is 0. The van der Waals surface area contributed by atoms with Gasteiger partial charge in [0, 0.05) is 12.3 Å². The first kappa shape index (κ1) is 21.8. The lowest BCUT2D eigenvalue weighted by Gasteiger charge is -2.13. The Morgan fingerprint density at radius 2 is 1.81 bits per heavy atom. The highest BCUT2D eigenvalue weighted by Crippen LogP contribution is 2.27. The molecule has 1 aliphatic carbocycles. The molecule has 1 rings (SSSR count). The van der Waals surface area contributed by atoms with Crippen LogP contribution in [-0.2, 0) is 9.59 Å². The van der Waals surface area contributed by atoms with Gasteiger partial charge in [-0.15, -0.1) is 0 Å². The molecule has 0 unspecified atom stereocenters. The van der Waals surface area contributed by atoms with E-state index >= 15 is 0 Å². The summed E-state index contributed by atoms with van der Waals surface area (Å²) in [6.07, 6.45) is 22.4. The van der Waals surface area contributed by atoms with Crippen LogP contribution in [0.2, 0.25) is 0 Å². The molecule has 1 aliphatic rings. The maximum atomic E-state index is 12.0. The molecule has 2 N–H and O–H groups in total. The summed E-state index contributed by atoms with van der Waals surface area (Å²) in [5.74, 6) is -1.07. The summed E-state index contributed by atoms with van der Waals surface area (Å²) in [5, 5.41) is 18.4. The van der Waals surface area contributed by atoms with Crippen molar-refractivity contribution in [2.45, 2.75) is 51.6 Å². The highest BCUT2D eigenvalue weighted by molar-refractivity contribution is 5.95. The van der Waals surface area contributed by atoms with E-state index in [1.54, 1.807) is 18.2 Å². The molecule has 4 heteroatoms. The predicted molar refractivity (Wildman–Crippen MR) is 105 cm³/mol. The zero-order valence-corrected chi connectivity index (χ0v) is 15.5. The normalized spacial score (nSPS) is 21.8. The summed E-state index contributed by atoms with van der Waals surface area (Å²) in [7, 11) is 0. The Bertz CT molecular complexity index is 581. The van der Waals surface area contributed by atoms with E-state index < -0.39 is 12.1 Å². The van der Waals surface area contributed by atoms with Gasteiger partial charge in [0.2, 0.25) is 0 Å². The zero-order valence-electron chi connectivity index (χ0n) is 15.5. The zero-order chi connectivity index (χ0) is 19.2. The Labute approximate surface area is 156 Å². The minimum absolute atomic E-state index is 0.0349. The Morgan fingerprint density at radius 1 is 1.15 bits per heavy atom. The number of aliphatic hydroxyl groups is 1. The van der Waals surface area contributed by atoms with Crippen molar-refractivity contribution >= 4 is 11.8 Å². The predicted octanol–water partition coefficient (Wildman–Crippen LogP) is 4.39. The van der Waals surface area contributed by atoms with Crippen LogP contribution in [0.1, 0.15) is 45.4 Å². The first-order chi connectivity index (χ1) is 12.5. The molecule has 0 aromatic heterocycles. The van der Waals surface area contributed by atoms with Gasteiger partial charge in [-0.25, -0.2) is 0 Å². The summed E-state index contributed by atoms with van der Waals surface area (Å²) >= 11 is 0. The van der Waals surface area contributed by atoms with Crippen LogP contribution in [0, 0.1) is 11.8 Å². The molecule has 0 heterocycles. The molecule has 0 fully saturated rings. The van der Waals surface area contributed by atoms with Crippen molar-refractivity contribution in [1.29, 1.82) is 0 Å². The lowest BCUT2D eigenvalue weighted by atomic mass is 9.90. The van der Waals surface area contributed by atoms with Gasteiger partial charge in [0.15, 0.2) is 5.78 Å². The summed E-state index contributed by atoms with van der Waals surface area (Å²) < 4.78 is 0. The fourth-order valence-corrected chi connectivity index (χ4v) is 2.70. The van der Waals surface area contributed by atoms with Crippen molar-refractivity contribution in [2.75, 3.05) is 0 Å². The smallest absolute Gasteiger partial charge is 0.303 e. The molecular formula is C22H30O4. The number of aliphatic hydroxyl groups excluding tert-OH is 1. The Kier molecular flexibility index (Phi) is 11.0. The van der Waals surface area contributed by atoms with Gasteiger partial charge in [0.05, 0.1) is 6.10 Å². The maximum Gasteiger partial charge on any atom is 0.303 e. The topological polar surface area (TPSA) is 74.6 Å². The van der Waals surface area contributed by atoms with Gasteiger partial charge in [-0.1, -0.05) is 61.6 Å². The molecule has 0 aliphatic heterocycles. The molecule has 0 spiro atoms. The molecule has 0 saturated carbocycles. The molecular weight excluding hydrogens is 328 g/mol. The standard InChI is InChI=1S/C22H30O4/c1-2-3-4-5-6-7-8-9-10-11-18-12-16-21(24)20(18)15-13-19(23)14-17-22(25)26/h3-4,6-7,9-10,12-13,15-16,18-20,23H,2,5,8,11,14,17H2,1H3,(H,25,26)/b4-3-,7-6-,10-9-,15-13+/t18-,19-,20+/m1/s1. The fourth-order valence-electron chi connectivity index (χ4n) is 2.70. The van der Waals surface area contributed by atoms with E-state index in [0.717, 1.165) is 25.7 Å². The van der Waals surface area contributed by atoms with Gasteiger partial charge in [0.1, 0.15) is 0 Å². The van der Waals surface area contributed by atoms with Gasteiger partial charge in [-0.2, -0.15) is 0 Å². The minimum Gasteiger partial charge on any atom is -0.481 e. The number of hydrogen-bond donors (Lipinski definition) is 2. The molecule has 142 valence electrons. The monoisotopic (exact) mass is 358 g/mol. The van der Waals surface area contributed by atoms with E-state index in [1.807, 2.05) is 6.08 Å². The summed E-state index contributed by atoms with van der Waals surface area (Å²) in [6.45, 7) is 2.12. The maximum absolute atomic E-state index is 12.0. The van der Waals surface area contributed by atoms with E-state index in [2.05, 4.69) is 43.4 Å². The molecule has 0 aromatic carbocycles. The number of carboxylic acids is 1. The minimum atomic E-state index is -0.936. The highest BCUT2D eigenvalue weighted by atomic mass is 16.4. The van der Waals surface area contributed by atoms with Crippen molar-refractivity contribution in [3.63, 3.8) is 0 Å². The van der Waals surface area contributed by atoms with Gasteiger partial charge in [-0.05, 0) is 44.1 Å². The van der Waals surface area contributed by atoms with E-state index in [1.165, 1.54) is 0 Å². The van der Waals surface area contributed by atoms with Crippen molar-refractivity contribution in [3.05, 3.63) is 60.8 Å². The Hall–Kier alpha value is -2.20. The number of carbonyl (C=O) groups excluding carboxylic acids is 1. The van der Waals surface area contributed by atoms with Crippen LogP contribution in [0.3, 0.4) is 0 Å². The molecule has 0 amide bonds. The van der Waals surface area contributed by atoms with E-state index in [0.29, 0.717) is 0 Å². The molecule has 0 saturated heterocycles. The second-order valence-electron chi connectivity index (χ2n) is 6.37. The van der Waals surface area contributed by atoms with Gasteiger partial charge in [0.25, 0.3) is 0 Å². The van der Waals surface area contributed by atoms with Crippen LogP contribution in [0.15, 0.2) is 60.8 Å². The van der Waals surface area contributed by atoms with Gasteiger partial charge >= 0.3 is 5.97 Å². The fraction of sp³-hybridized carbons (Fsp3) is 0.455. The highest BCUT2D eigenvalue weighted by Gasteiger charge is 2.26. The number of aliphatic carboxylic acids is 1. The first-order valence-electron chi connectivity index (χ1n) is 9.29. The van der Waals surface area contributed by atoms with E-state index in [-0.39, 0.29) is 30.5 Å². The summed E-state index contributed by atoms with van der Waals surface area (Å²) in [4.78, 5) is 22.5. The second-order valence-corrected chi connectivity index (χ2v) is 6.37. The summed E-state index contributed by atoms with van der Waals surface area (Å²) in [6, 6.07) is 0. The lowest BCUT2D eigenvalue weighted by molar-refractivity contribution is -0.137. The number of hydrogen-bond acceptors (Lipinski definition) is 3. The SMILES string of the molecule is CC/C=C\C/C=C\C/C=C\C[C@@H]1C=CC(=O)[C@H]1/C=C/[C@@H](O)CCC(=O)O. The quantitative estimate of drug-likeness (QED) is 0.507. The molecule has 0 bridgehead atoms. The van der Waals surface area contributed by atoms with Crippen LogP contribution in [0.4, 0.5) is 0 Å².